The summed E-state index contributed by atoms with van der Waals surface area (Å²) in [4.78, 5) is 11.5. The highest BCUT2D eigenvalue weighted by Gasteiger charge is 2.11. The van der Waals surface area contributed by atoms with E-state index in [4.69, 9.17) is 23.9 Å². The van der Waals surface area contributed by atoms with E-state index in [-0.39, 0.29) is 0 Å². The molecule has 2 aliphatic rings. The molecular formula is C28H32N4O4. The third-order valence-corrected chi connectivity index (χ3v) is 6.01. The van der Waals surface area contributed by atoms with Crippen LogP contribution in [0.1, 0.15) is 11.1 Å². The Labute approximate surface area is 211 Å². The van der Waals surface area contributed by atoms with Gasteiger partial charge < -0.3 is 24.3 Å². The second-order valence-corrected chi connectivity index (χ2v) is 8.76. The van der Waals surface area contributed by atoms with Gasteiger partial charge in [0, 0.05) is 43.1 Å². The lowest BCUT2D eigenvalue weighted by Gasteiger charge is -2.26. The zero-order valence-electron chi connectivity index (χ0n) is 20.4. The molecule has 0 saturated carbocycles. The Morgan fingerprint density at radius 2 is 1.72 bits per heavy atom. The van der Waals surface area contributed by atoms with Crippen molar-refractivity contribution in [1.29, 1.82) is 0 Å². The Morgan fingerprint density at radius 1 is 0.889 bits per heavy atom. The summed E-state index contributed by atoms with van der Waals surface area (Å²) in [7, 11) is 0. The van der Waals surface area contributed by atoms with Crippen LogP contribution < -0.4 is 10.1 Å². The van der Waals surface area contributed by atoms with E-state index in [0.29, 0.717) is 39.0 Å². The van der Waals surface area contributed by atoms with Gasteiger partial charge in [-0.25, -0.2) is 9.97 Å². The van der Waals surface area contributed by atoms with Crippen molar-refractivity contribution in [3.8, 4) is 17.0 Å². The Kier molecular flexibility index (Phi) is 8.54. The van der Waals surface area contributed by atoms with Crippen molar-refractivity contribution in [3.63, 3.8) is 0 Å². The van der Waals surface area contributed by atoms with E-state index in [1.54, 1.807) is 6.20 Å². The molecule has 188 valence electrons. The number of benzene rings is 2. The van der Waals surface area contributed by atoms with Crippen molar-refractivity contribution < 1.29 is 18.9 Å². The number of anilines is 2. The molecule has 1 saturated heterocycles. The first-order chi connectivity index (χ1) is 17.8. The molecule has 3 heterocycles. The largest absolute Gasteiger partial charge is 0.492 e. The molecule has 6 bridgehead atoms. The summed E-state index contributed by atoms with van der Waals surface area (Å²) in [5.74, 6) is 1.31. The van der Waals surface area contributed by atoms with Crippen LogP contribution in [0, 0.1) is 0 Å². The van der Waals surface area contributed by atoms with Gasteiger partial charge >= 0.3 is 0 Å². The van der Waals surface area contributed by atoms with Gasteiger partial charge in [0.15, 0.2) is 0 Å². The Hall–Kier alpha value is -3.30. The van der Waals surface area contributed by atoms with Gasteiger partial charge in [-0.05, 0) is 35.4 Å². The summed E-state index contributed by atoms with van der Waals surface area (Å²) in [5, 5.41) is 3.35. The van der Waals surface area contributed by atoms with Gasteiger partial charge in [0.05, 0.1) is 45.3 Å². The first-order valence-corrected chi connectivity index (χ1v) is 12.4. The minimum atomic E-state index is 0.464. The molecule has 0 radical (unpaired) electrons. The van der Waals surface area contributed by atoms with Crippen molar-refractivity contribution in [3.05, 3.63) is 78.0 Å². The van der Waals surface area contributed by atoms with Crippen LogP contribution in [-0.4, -0.2) is 67.5 Å². The third kappa shape index (κ3) is 7.11. The highest BCUT2D eigenvalue weighted by molar-refractivity contribution is 5.63. The fourth-order valence-corrected chi connectivity index (χ4v) is 4.17. The van der Waals surface area contributed by atoms with Crippen molar-refractivity contribution in [2.45, 2.75) is 13.2 Å². The number of hydrogen-bond donors (Lipinski definition) is 1. The average Bonchev–Trinajstić information content (AvgIpc) is 2.91. The summed E-state index contributed by atoms with van der Waals surface area (Å²) in [6.45, 7) is 6.97. The molecular weight excluding hydrogens is 456 g/mol. The molecule has 8 heteroatoms. The molecule has 2 aliphatic heterocycles. The fourth-order valence-electron chi connectivity index (χ4n) is 4.17. The van der Waals surface area contributed by atoms with Crippen LogP contribution in [-0.2, 0) is 27.4 Å². The van der Waals surface area contributed by atoms with E-state index >= 15 is 0 Å². The molecule has 5 rings (SSSR count). The van der Waals surface area contributed by atoms with Gasteiger partial charge in [-0.1, -0.05) is 30.4 Å². The minimum absolute atomic E-state index is 0.464. The lowest BCUT2D eigenvalue weighted by atomic mass is 10.1. The molecule has 1 fully saturated rings. The molecule has 0 aliphatic carbocycles. The number of hydrogen-bond acceptors (Lipinski definition) is 8. The summed E-state index contributed by atoms with van der Waals surface area (Å²) < 4.78 is 23.2. The van der Waals surface area contributed by atoms with Crippen LogP contribution in [0.3, 0.4) is 0 Å². The SMILES string of the molecule is C1=C/COCc2cccc(c2)-c2ccnc(n2)Nc2cc(cc(OCCN3CCOCC3)c2)COC/1. The van der Waals surface area contributed by atoms with E-state index in [2.05, 4.69) is 27.3 Å². The quantitative estimate of drug-likeness (QED) is 0.548. The molecule has 1 aromatic heterocycles. The number of nitrogens with one attached hydrogen (secondary N) is 1. The Bertz CT molecular complexity index is 1160. The van der Waals surface area contributed by atoms with Crippen molar-refractivity contribution in [2.24, 2.45) is 0 Å². The second-order valence-electron chi connectivity index (χ2n) is 8.76. The van der Waals surface area contributed by atoms with Crippen LogP contribution in [0.25, 0.3) is 11.3 Å². The first kappa shape index (κ1) is 24.4. The monoisotopic (exact) mass is 488 g/mol. The summed E-state index contributed by atoms with van der Waals surface area (Å²) in [6, 6.07) is 16.2. The maximum absolute atomic E-state index is 6.14. The third-order valence-electron chi connectivity index (χ3n) is 6.01. The zero-order valence-corrected chi connectivity index (χ0v) is 20.4. The predicted octanol–water partition coefficient (Wildman–Crippen LogP) is 4.20. The normalized spacial score (nSPS) is 17.9. The van der Waals surface area contributed by atoms with Gasteiger partial charge in [0.1, 0.15) is 12.4 Å². The van der Waals surface area contributed by atoms with Gasteiger partial charge in [0.2, 0.25) is 5.95 Å². The first-order valence-electron chi connectivity index (χ1n) is 12.4. The molecule has 3 aromatic rings. The van der Waals surface area contributed by atoms with E-state index in [9.17, 15) is 0 Å². The molecule has 0 amide bonds. The zero-order chi connectivity index (χ0) is 24.4. The number of fused-ring (bicyclic) bond motifs is 7. The van der Waals surface area contributed by atoms with E-state index in [0.717, 1.165) is 66.7 Å². The molecule has 36 heavy (non-hydrogen) atoms. The van der Waals surface area contributed by atoms with Crippen LogP contribution >= 0.6 is 0 Å². The van der Waals surface area contributed by atoms with E-state index in [1.807, 2.05) is 48.6 Å². The highest BCUT2D eigenvalue weighted by atomic mass is 16.5. The van der Waals surface area contributed by atoms with Gasteiger partial charge in [-0.15, -0.1) is 0 Å². The molecule has 2 aromatic carbocycles. The summed E-state index contributed by atoms with van der Waals surface area (Å²) >= 11 is 0. The van der Waals surface area contributed by atoms with Crippen molar-refractivity contribution in [1.82, 2.24) is 14.9 Å². The predicted molar refractivity (Wildman–Crippen MR) is 138 cm³/mol. The smallest absolute Gasteiger partial charge is 0.227 e. The van der Waals surface area contributed by atoms with Crippen LogP contribution in [0.4, 0.5) is 11.6 Å². The number of nitrogens with zero attached hydrogens (tertiary/aromatic N) is 3. The number of morpholine rings is 1. The Balaban J connectivity index is 1.36. The molecule has 0 atom stereocenters. The average molecular weight is 489 g/mol. The molecule has 1 N–H and O–H groups in total. The molecule has 8 nitrogen and oxygen atoms in total. The summed E-state index contributed by atoms with van der Waals surface area (Å²) in [5.41, 5.74) is 4.83. The van der Waals surface area contributed by atoms with Crippen LogP contribution in [0.5, 0.6) is 5.75 Å². The van der Waals surface area contributed by atoms with E-state index in [1.165, 1.54) is 0 Å². The number of ether oxygens (including phenoxy) is 4. The van der Waals surface area contributed by atoms with Crippen molar-refractivity contribution in [2.75, 3.05) is 58.0 Å². The van der Waals surface area contributed by atoms with Gasteiger partial charge in [-0.2, -0.15) is 0 Å². The molecule has 0 spiro atoms. The second kappa shape index (κ2) is 12.6. The summed E-state index contributed by atoms with van der Waals surface area (Å²) in [6.07, 6.45) is 5.74. The number of rotatable bonds is 4. The Morgan fingerprint density at radius 3 is 2.58 bits per heavy atom. The maximum atomic E-state index is 6.14. The fraction of sp³-hybridized carbons (Fsp3) is 0.357. The van der Waals surface area contributed by atoms with Gasteiger partial charge in [-0.3, -0.25) is 4.90 Å². The highest BCUT2D eigenvalue weighted by Crippen LogP contribution is 2.25. The topological polar surface area (TPSA) is 78.0 Å². The minimum Gasteiger partial charge on any atom is -0.492 e. The van der Waals surface area contributed by atoms with Crippen LogP contribution in [0.15, 0.2) is 66.9 Å². The van der Waals surface area contributed by atoms with Crippen molar-refractivity contribution >= 4 is 11.6 Å². The maximum Gasteiger partial charge on any atom is 0.227 e. The lowest BCUT2D eigenvalue weighted by molar-refractivity contribution is 0.0322. The lowest BCUT2D eigenvalue weighted by Crippen LogP contribution is -2.38. The van der Waals surface area contributed by atoms with E-state index < -0.39 is 0 Å². The molecule has 0 unspecified atom stereocenters. The number of aromatic nitrogens is 2. The standard InChI is InChI=1S/C28H32N4O4/c1-2-12-35-21-23-17-25(19-26(18-23)36-15-10-32-8-13-33-14-9-32)30-28-29-7-6-27(31-28)24-5-3-4-22(16-24)20-34-11-1/h1-7,16-19H,8-15,20-21H2,(H,29,30,31)/b2-1+. The van der Waals surface area contributed by atoms with Crippen LogP contribution in [0.2, 0.25) is 0 Å². The van der Waals surface area contributed by atoms with Gasteiger partial charge in [0.25, 0.3) is 0 Å².